The van der Waals surface area contributed by atoms with Gasteiger partial charge in [-0.15, -0.1) is 0 Å². The molecule has 0 radical (unpaired) electrons. The minimum absolute atomic E-state index is 0.0137. The monoisotopic (exact) mass is 543 g/mol. The molecule has 2 N–H and O–H groups in total. The number of hydrogen-bond donors (Lipinski definition) is 1. The summed E-state index contributed by atoms with van der Waals surface area (Å²) in [7, 11) is -3.92. The van der Waals surface area contributed by atoms with Gasteiger partial charge in [-0.05, 0) is 41.0 Å². The van der Waals surface area contributed by atoms with Gasteiger partial charge in [0.05, 0.1) is 20.9 Å². The second kappa shape index (κ2) is 10.3. The fraction of sp³-hybridized carbons (Fsp3) is 0.0303. The van der Waals surface area contributed by atoms with Crippen LogP contribution in [0.2, 0.25) is 0 Å². The number of benzene rings is 5. The van der Waals surface area contributed by atoms with E-state index in [4.69, 9.17) is 10.7 Å². The molecule has 0 saturated carbocycles. The fourth-order valence-corrected chi connectivity index (χ4v) is 6.19. The van der Waals surface area contributed by atoms with Crippen molar-refractivity contribution in [3.05, 3.63) is 139 Å². The van der Waals surface area contributed by atoms with E-state index in [1.807, 2.05) is 65.2 Å². The van der Waals surface area contributed by atoms with Crippen LogP contribution in [0.4, 0.5) is 0 Å². The summed E-state index contributed by atoms with van der Waals surface area (Å²) >= 11 is 0. The number of primary amides is 1. The molecule has 5 aromatic carbocycles. The Morgan fingerprint density at radius 1 is 0.675 bits per heavy atom. The Morgan fingerprint density at radius 2 is 1.23 bits per heavy atom. The SMILES string of the molecule is NC(=O)c1cc(S(=O)(=O)c2ccccc2)cc2c1nc(-c1ccccc1)n2Cc1ccc(-c2ccccc2)cc1. The number of aromatic nitrogens is 2. The van der Waals surface area contributed by atoms with Crippen LogP contribution < -0.4 is 5.73 Å². The van der Waals surface area contributed by atoms with E-state index in [2.05, 4.69) is 24.3 Å². The minimum atomic E-state index is -3.92. The zero-order valence-electron chi connectivity index (χ0n) is 21.4. The van der Waals surface area contributed by atoms with Crippen molar-refractivity contribution < 1.29 is 13.2 Å². The molecule has 1 heterocycles. The summed E-state index contributed by atoms with van der Waals surface area (Å²) in [4.78, 5) is 17.5. The molecular formula is C33H25N3O3S. The average molecular weight is 544 g/mol. The molecule has 0 atom stereocenters. The number of amides is 1. The van der Waals surface area contributed by atoms with Crippen molar-refractivity contribution in [3.8, 4) is 22.5 Å². The van der Waals surface area contributed by atoms with Crippen LogP contribution in [0.5, 0.6) is 0 Å². The molecule has 6 rings (SSSR count). The molecule has 1 aromatic heterocycles. The van der Waals surface area contributed by atoms with Crippen LogP contribution in [-0.2, 0) is 16.4 Å². The van der Waals surface area contributed by atoms with E-state index in [9.17, 15) is 13.2 Å². The summed E-state index contributed by atoms with van der Waals surface area (Å²) in [6, 6.07) is 39.0. The van der Waals surface area contributed by atoms with Gasteiger partial charge in [-0.3, -0.25) is 4.79 Å². The Kier molecular flexibility index (Phi) is 6.50. The van der Waals surface area contributed by atoms with Crippen molar-refractivity contribution in [2.75, 3.05) is 0 Å². The zero-order chi connectivity index (χ0) is 27.7. The van der Waals surface area contributed by atoms with E-state index in [0.29, 0.717) is 23.4 Å². The molecule has 0 fully saturated rings. The molecule has 1 amide bonds. The van der Waals surface area contributed by atoms with Crippen LogP contribution in [-0.4, -0.2) is 23.9 Å². The van der Waals surface area contributed by atoms with Gasteiger partial charge in [0.2, 0.25) is 9.84 Å². The molecule has 0 spiro atoms. The summed E-state index contributed by atoms with van der Waals surface area (Å²) in [6.45, 7) is 0.406. The lowest BCUT2D eigenvalue weighted by Crippen LogP contribution is -2.13. The van der Waals surface area contributed by atoms with Gasteiger partial charge < -0.3 is 10.3 Å². The topological polar surface area (TPSA) is 95.1 Å². The molecule has 0 bridgehead atoms. The molecule has 6 nitrogen and oxygen atoms in total. The largest absolute Gasteiger partial charge is 0.366 e. The van der Waals surface area contributed by atoms with Crippen LogP contribution in [0.3, 0.4) is 0 Å². The Labute approximate surface area is 232 Å². The molecule has 0 aliphatic carbocycles. The average Bonchev–Trinajstić information content (AvgIpc) is 3.36. The first-order valence-corrected chi connectivity index (χ1v) is 14.2. The molecule has 0 saturated heterocycles. The number of nitrogens with zero attached hydrogens (tertiary/aromatic N) is 2. The second-order valence-electron chi connectivity index (χ2n) is 9.47. The van der Waals surface area contributed by atoms with Crippen LogP contribution in [0.1, 0.15) is 15.9 Å². The van der Waals surface area contributed by atoms with Gasteiger partial charge in [0.25, 0.3) is 5.91 Å². The lowest BCUT2D eigenvalue weighted by Gasteiger charge is -2.12. The highest BCUT2D eigenvalue weighted by Crippen LogP contribution is 2.32. The van der Waals surface area contributed by atoms with E-state index in [-0.39, 0.29) is 15.4 Å². The number of carbonyl (C=O) groups excluding carboxylic acids is 1. The van der Waals surface area contributed by atoms with E-state index in [1.165, 1.54) is 18.2 Å². The van der Waals surface area contributed by atoms with Gasteiger partial charge in [-0.25, -0.2) is 13.4 Å². The quantitative estimate of drug-likeness (QED) is 0.254. The number of imidazole rings is 1. The molecule has 0 aliphatic rings. The van der Waals surface area contributed by atoms with Crippen molar-refractivity contribution >= 4 is 26.8 Å². The number of rotatable bonds is 7. The standard InChI is InChI=1S/C33H25N3O3S/c34-32(37)29-20-28(40(38,39)27-14-8-3-9-15-27)21-30-31(29)35-33(26-12-6-2-7-13-26)36(30)22-23-16-18-25(19-17-23)24-10-4-1-5-11-24/h1-21H,22H2,(H2,34,37). The number of nitrogens with two attached hydrogens (primary N) is 1. The molecule has 196 valence electrons. The number of sulfone groups is 1. The van der Waals surface area contributed by atoms with Gasteiger partial charge in [0.15, 0.2) is 0 Å². The Hall–Kier alpha value is -5.01. The van der Waals surface area contributed by atoms with Crippen molar-refractivity contribution in [2.24, 2.45) is 5.73 Å². The predicted molar refractivity (Wildman–Crippen MR) is 157 cm³/mol. The Morgan fingerprint density at radius 3 is 1.82 bits per heavy atom. The Bertz CT molecular complexity index is 1930. The molecule has 40 heavy (non-hydrogen) atoms. The van der Waals surface area contributed by atoms with Crippen LogP contribution in [0, 0.1) is 0 Å². The maximum absolute atomic E-state index is 13.6. The molecule has 0 unspecified atom stereocenters. The summed E-state index contributed by atoms with van der Waals surface area (Å²) in [6.07, 6.45) is 0. The molecule has 0 aliphatic heterocycles. The first kappa shape index (κ1) is 25.3. The zero-order valence-corrected chi connectivity index (χ0v) is 22.3. The highest BCUT2D eigenvalue weighted by atomic mass is 32.2. The fourth-order valence-electron chi connectivity index (χ4n) is 4.86. The first-order valence-electron chi connectivity index (χ1n) is 12.8. The molecule has 6 aromatic rings. The van der Waals surface area contributed by atoms with Crippen molar-refractivity contribution in [1.29, 1.82) is 0 Å². The van der Waals surface area contributed by atoms with Gasteiger partial charge in [-0.1, -0.05) is 103 Å². The summed E-state index contributed by atoms with van der Waals surface area (Å²) < 4.78 is 29.1. The Balaban J connectivity index is 1.54. The predicted octanol–water partition coefficient (Wildman–Crippen LogP) is 6.35. The number of hydrogen-bond acceptors (Lipinski definition) is 4. The molecular weight excluding hydrogens is 518 g/mol. The van der Waals surface area contributed by atoms with Crippen LogP contribution >= 0.6 is 0 Å². The first-order chi connectivity index (χ1) is 19.4. The second-order valence-corrected chi connectivity index (χ2v) is 11.4. The van der Waals surface area contributed by atoms with Crippen molar-refractivity contribution in [1.82, 2.24) is 9.55 Å². The van der Waals surface area contributed by atoms with E-state index in [0.717, 1.165) is 22.3 Å². The van der Waals surface area contributed by atoms with Gasteiger partial charge in [-0.2, -0.15) is 0 Å². The third kappa shape index (κ3) is 4.67. The van der Waals surface area contributed by atoms with E-state index >= 15 is 0 Å². The van der Waals surface area contributed by atoms with Crippen molar-refractivity contribution in [2.45, 2.75) is 16.3 Å². The smallest absolute Gasteiger partial charge is 0.251 e. The van der Waals surface area contributed by atoms with E-state index in [1.54, 1.807) is 24.3 Å². The lowest BCUT2D eigenvalue weighted by molar-refractivity contribution is 0.100. The van der Waals surface area contributed by atoms with E-state index < -0.39 is 15.7 Å². The molecule has 7 heteroatoms. The summed E-state index contributed by atoms with van der Waals surface area (Å²) in [5, 5.41) is 0. The van der Waals surface area contributed by atoms with Crippen LogP contribution in [0.25, 0.3) is 33.5 Å². The summed E-state index contributed by atoms with van der Waals surface area (Å²) in [5.41, 5.74) is 10.7. The van der Waals surface area contributed by atoms with Gasteiger partial charge >= 0.3 is 0 Å². The lowest BCUT2D eigenvalue weighted by atomic mass is 10.0. The third-order valence-electron chi connectivity index (χ3n) is 6.89. The van der Waals surface area contributed by atoms with Crippen LogP contribution in [0.15, 0.2) is 137 Å². The maximum Gasteiger partial charge on any atom is 0.251 e. The van der Waals surface area contributed by atoms with Gasteiger partial charge in [0, 0.05) is 12.1 Å². The highest BCUT2D eigenvalue weighted by molar-refractivity contribution is 7.91. The maximum atomic E-state index is 13.6. The highest BCUT2D eigenvalue weighted by Gasteiger charge is 2.25. The van der Waals surface area contributed by atoms with Gasteiger partial charge in [0.1, 0.15) is 11.3 Å². The normalized spacial score (nSPS) is 11.5. The van der Waals surface area contributed by atoms with Crippen molar-refractivity contribution in [3.63, 3.8) is 0 Å². The number of fused-ring (bicyclic) bond motifs is 1. The third-order valence-corrected chi connectivity index (χ3v) is 8.64. The summed E-state index contributed by atoms with van der Waals surface area (Å²) in [5.74, 6) is -0.133. The minimum Gasteiger partial charge on any atom is -0.366 e. The number of carbonyl (C=O) groups is 1.